The molecule has 0 radical (unpaired) electrons. The molecule has 0 aliphatic carbocycles. The molecule has 6 rings (SSSR count). The van der Waals surface area contributed by atoms with Gasteiger partial charge in [0.05, 0.1) is 12.5 Å². The molecule has 1 amide bonds. The Bertz CT molecular complexity index is 948. The number of fused-ring (bicyclic) bond motifs is 3. The molecule has 3 saturated heterocycles. The maximum absolute atomic E-state index is 12.8. The second-order valence-electron chi connectivity index (χ2n) is 7.87. The van der Waals surface area contributed by atoms with Gasteiger partial charge in [0.15, 0.2) is 5.76 Å². The van der Waals surface area contributed by atoms with E-state index in [0.29, 0.717) is 23.5 Å². The zero-order valence-corrected chi connectivity index (χ0v) is 15.9. The number of carbonyl (C=O) groups excluding carboxylic acids is 1. The SMILES string of the molecule is CC1C(NC(=O)c2ccc(-c3ccc(-c4ccoc4)cc3)o2)C2CCN1CC2. The molecule has 3 aliphatic heterocycles. The van der Waals surface area contributed by atoms with Crippen LogP contribution in [0, 0.1) is 5.92 Å². The van der Waals surface area contributed by atoms with E-state index < -0.39 is 0 Å². The molecule has 2 unspecified atom stereocenters. The number of nitrogens with zero attached hydrogens (tertiary/aromatic N) is 1. The van der Waals surface area contributed by atoms with Gasteiger partial charge in [-0.2, -0.15) is 0 Å². The first-order chi connectivity index (χ1) is 13.7. The van der Waals surface area contributed by atoms with Gasteiger partial charge in [0.25, 0.3) is 5.91 Å². The highest BCUT2D eigenvalue weighted by Crippen LogP contribution is 2.32. The van der Waals surface area contributed by atoms with Crippen LogP contribution < -0.4 is 5.32 Å². The van der Waals surface area contributed by atoms with Gasteiger partial charge in [0, 0.05) is 23.2 Å². The fraction of sp³-hybridized carbons (Fsp3) is 0.348. The van der Waals surface area contributed by atoms with Crippen molar-refractivity contribution in [1.29, 1.82) is 0 Å². The van der Waals surface area contributed by atoms with Gasteiger partial charge >= 0.3 is 0 Å². The minimum absolute atomic E-state index is 0.119. The van der Waals surface area contributed by atoms with Crippen LogP contribution in [0.15, 0.2) is 63.8 Å². The molecule has 3 fully saturated rings. The van der Waals surface area contributed by atoms with E-state index in [1.54, 1.807) is 18.6 Å². The van der Waals surface area contributed by atoms with Crippen LogP contribution in [0.3, 0.4) is 0 Å². The Morgan fingerprint density at radius 2 is 1.75 bits per heavy atom. The first-order valence-corrected chi connectivity index (χ1v) is 9.97. The predicted molar refractivity (Wildman–Crippen MR) is 107 cm³/mol. The standard InChI is InChI=1S/C23H24N2O3/c1-15-22(18-8-11-25(15)12-9-18)24-23(26)21-7-6-20(28-21)17-4-2-16(3-5-17)19-10-13-27-14-19/h2-7,10,13-15,18,22H,8-9,11-12H2,1H3,(H,24,26). The number of carbonyl (C=O) groups is 1. The van der Waals surface area contributed by atoms with E-state index in [0.717, 1.165) is 29.8 Å². The summed E-state index contributed by atoms with van der Waals surface area (Å²) in [4.78, 5) is 15.2. The summed E-state index contributed by atoms with van der Waals surface area (Å²) < 4.78 is 11.0. The number of benzene rings is 1. The molecule has 2 atom stereocenters. The molecule has 1 N–H and O–H groups in total. The van der Waals surface area contributed by atoms with E-state index >= 15 is 0 Å². The number of nitrogens with one attached hydrogen (secondary N) is 1. The molecular formula is C23H24N2O3. The highest BCUT2D eigenvalue weighted by Gasteiger charge is 2.40. The molecule has 28 heavy (non-hydrogen) atoms. The maximum atomic E-state index is 12.8. The normalized spacial score (nSPS) is 26.3. The van der Waals surface area contributed by atoms with Gasteiger partial charge in [-0.05, 0) is 62.5 Å². The largest absolute Gasteiger partial charge is 0.472 e. The van der Waals surface area contributed by atoms with E-state index in [-0.39, 0.29) is 11.9 Å². The van der Waals surface area contributed by atoms with Crippen molar-refractivity contribution in [1.82, 2.24) is 10.2 Å². The highest BCUT2D eigenvalue weighted by atomic mass is 16.4. The molecule has 1 aromatic carbocycles. The molecule has 3 aliphatic rings. The second kappa shape index (κ2) is 6.99. The summed E-state index contributed by atoms with van der Waals surface area (Å²) in [7, 11) is 0. The van der Waals surface area contributed by atoms with Crippen LogP contribution in [0.2, 0.25) is 0 Å². The van der Waals surface area contributed by atoms with E-state index in [9.17, 15) is 4.79 Å². The van der Waals surface area contributed by atoms with Crippen LogP contribution in [0.1, 0.15) is 30.3 Å². The molecule has 0 saturated carbocycles. The maximum Gasteiger partial charge on any atom is 0.287 e. The van der Waals surface area contributed by atoms with E-state index in [4.69, 9.17) is 8.83 Å². The van der Waals surface area contributed by atoms with Crippen LogP contribution >= 0.6 is 0 Å². The minimum atomic E-state index is -0.119. The first kappa shape index (κ1) is 17.3. The summed E-state index contributed by atoms with van der Waals surface area (Å²) in [5.74, 6) is 1.53. The summed E-state index contributed by atoms with van der Waals surface area (Å²) in [5, 5.41) is 3.22. The van der Waals surface area contributed by atoms with Gasteiger partial charge in [-0.15, -0.1) is 0 Å². The number of piperidine rings is 3. The fourth-order valence-corrected chi connectivity index (χ4v) is 4.64. The Morgan fingerprint density at radius 1 is 1.00 bits per heavy atom. The second-order valence-corrected chi connectivity index (χ2v) is 7.87. The molecular weight excluding hydrogens is 352 g/mol. The third-order valence-corrected chi connectivity index (χ3v) is 6.33. The van der Waals surface area contributed by atoms with Crippen molar-refractivity contribution in [3.8, 4) is 22.5 Å². The molecule has 2 bridgehead atoms. The van der Waals surface area contributed by atoms with Gasteiger partial charge in [0.1, 0.15) is 5.76 Å². The lowest BCUT2D eigenvalue weighted by Crippen LogP contribution is -2.62. The fourth-order valence-electron chi connectivity index (χ4n) is 4.64. The number of furan rings is 2. The number of hydrogen-bond donors (Lipinski definition) is 1. The molecule has 2 aromatic heterocycles. The zero-order valence-electron chi connectivity index (χ0n) is 15.9. The van der Waals surface area contributed by atoms with Gasteiger partial charge in [-0.3, -0.25) is 9.69 Å². The topological polar surface area (TPSA) is 58.6 Å². The molecule has 5 heterocycles. The summed E-state index contributed by atoms with van der Waals surface area (Å²) in [6.45, 7) is 4.52. The summed E-state index contributed by atoms with van der Waals surface area (Å²) in [6.07, 6.45) is 5.72. The Kier molecular flexibility index (Phi) is 4.32. The Hall–Kier alpha value is -2.79. The smallest absolute Gasteiger partial charge is 0.287 e. The lowest BCUT2D eigenvalue weighted by atomic mass is 9.79. The van der Waals surface area contributed by atoms with Crippen LogP contribution in [0.25, 0.3) is 22.5 Å². The molecule has 144 valence electrons. The molecule has 0 spiro atoms. The molecule has 5 heteroatoms. The van der Waals surface area contributed by atoms with Crippen molar-refractivity contribution < 1.29 is 13.6 Å². The predicted octanol–water partition coefficient (Wildman–Crippen LogP) is 4.42. The summed E-state index contributed by atoms with van der Waals surface area (Å²) in [5.41, 5.74) is 3.07. The third kappa shape index (κ3) is 3.06. The van der Waals surface area contributed by atoms with E-state index in [1.165, 1.54) is 12.8 Å². The summed E-state index contributed by atoms with van der Waals surface area (Å²) >= 11 is 0. The van der Waals surface area contributed by atoms with Gasteiger partial charge in [0.2, 0.25) is 0 Å². The van der Waals surface area contributed by atoms with Crippen molar-refractivity contribution in [3.63, 3.8) is 0 Å². The zero-order chi connectivity index (χ0) is 19.1. The Labute approximate surface area is 164 Å². The van der Waals surface area contributed by atoms with Gasteiger partial charge in [-0.1, -0.05) is 24.3 Å². The van der Waals surface area contributed by atoms with Crippen LogP contribution in [-0.2, 0) is 0 Å². The first-order valence-electron chi connectivity index (χ1n) is 9.97. The number of amides is 1. The highest BCUT2D eigenvalue weighted by molar-refractivity contribution is 5.92. The molecule has 5 nitrogen and oxygen atoms in total. The quantitative estimate of drug-likeness (QED) is 0.732. The van der Waals surface area contributed by atoms with Crippen molar-refractivity contribution in [2.24, 2.45) is 5.92 Å². The van der Waals surface area contributed by atoms with Crippen LogP contribution in [0.4, 0.5) is 0 Å². The van der Waals surface area contributed by atoms with Crippen molar-refractivity contribution in [2.45, 2.75) is 31.8 Å². The van der Waals surface area contributed by atoms with Crippen molar-refractivity contribution >= 4 is 5.91 Å². The van der Waals surface area contributed by atoms with Gasteiger partial charge in [-0.25, -0.2) is 0 Å². The molecule has 3 aromatic rings. The van der Waals surface area contributed by atoms with Crippen molar-refractivity contribution in [2.75, 3.05) is 13.1 Å². The monoisotopic (exact) mass is 376 g/mol. The Morgan fingerprint density at radius 3 is 2.43 bits per heavy atom. The average Bonchev–Trinajstić information content (AvgIpc) is 3.43. The van der Waals surface area contributed by atoms with E-state index in [1.807, 2.05) is 36.4 Å². The number of hydrogen-bond acceptors (Lipinski definition) is 4. The average molecular weight is 376 g/mol. The third-order valence-electron chi connectivity index (χ3n) is 6.33. The van der Waals surface area contributed by atoms with Crippen LogP contribution in [-0.4, -0.2) is 36.0 Å². The lowest BCUT2D eigenvalue weighted by Gasteiger charge is -2.49. The minimum Gasteiger partial charge on any atom is -0.472 e. The lowest BCUT2D eigenvalue weighted by molar-refractivity contribution is 0.0211. The number of rotatable bonds is 4. The summed E-state index contributed by atoms with van der Waals surface area (Å²) in [6, 6.07) is 14.2. The van der Waals surface area contributed by atoms with Crippen molar-refractivity contribution in [3.05, 3.63) is 60.8 Å². The van der Waals surface area contributed by atoms with E-state index in [2.05, 4.69) is 17.1 Å². The Balaban J connectivity index is 1.30. The van der Waals surface area contributed by atoms with Gasteiger partial charge < -0.3 is 14.2 Å². The van der Waals surface area contributed by atoms with Crippen LogP contribution in [0.5, 0.6) is 0 Å².